The van der Waals surface area contributed by atoms with Crippen molar-refractivity contribution in [3.05, 3.63) is 21.9 Å². The number of aromatic amines is 1. The number of hydrogen-bond acceptors (Lipinski definition) is 6. The lowest BCUT2D eigenvalue weighted by Crippen LogP contribution is -1.95. The number of carboxylic acids is 1. The van der Waals surface area contributed by atoms with Gasteiger partial charge in [0.15, 0.2) is 0 Å². The summed E-state index contributed by atoms with van der Waals surface area (Å²) in [5, 5.41) is 17.9. The molecule has 2 heterocycles. The maximum absolute atomic E-state index is 10.6. The van der Waals surface area contributed by atoms with Crippen molar-refractivity contribution in [1.29, 1.82) is 0 Å². The van der Waals surface area contributed by atoms with Gasteiger partial charge in [0.05, 0.1) is 5.69 Å². The number of aromatic nitrogens is 4. The van der Waals surface area contributed by atoms with E-state index < -0.39 is 5.97 Å². The predicted molar refractivity (Wildman–Crippen MR) is 59.8 cm³/mol. The molecule has 2 N–H and O–H groups in total. The van der Waals surface area contributed by atoms with E-state index >= 15 is 0 Å². The largest absolute Gasteiger partial charge is 0.476 e. The summed E-state index contributed by atoms with van der Waals surface area (Å²) < 4.78 is 0. The first-order valence-electron chi connectivity index (χ1n) is 4.34. The molecule has 0 radical (unpaired) electrons. The predicted octanol–water partition coefficient (Wildman–Crippen LogP) is 1.56. The molecule has 0 unspecified atom stereocenters. The summed E-state index contributed by atoms with van der Waals surface area (Å²) in [5.74, 6) is 0.336. The summed E-state index contributed by atoms with van der Waals surface area (Å²) in [4.78, 5) is 18.7. The molecule has 2 aromatic heterocycles. The molecule has 8 heteroatoms. The first kappa shape index (κ1) is 11.1. The van der Waals surface area contributed by atoms with E-state index in [0.29, 0.717) is 10.9 Å². The van der Waals surface area contributed by atoms with Crippen LogP contribution in [0, 0.1) is 6.92 Å². The van der Waals surface area contributed by atoms with Gasteiger partial charge in [0.1, 0.15) is 5.82 Å². The van der Waals surface area contributed by atoms with Crippen LogP contribution in [-0.4, -0.2) is 31.2 Å². The van der Waals surface area contributed by atoms with Crippen LogP contribution in [-0.2, 0) is 5.75 Å². The van der Waals surface area contributed by atoms with Crippen molar-refractivity contribution in [1.82, 2.24) is 20.2 Å². The third kappa shape index (κ3) is 2.58. The Balaban J connectivity index is 1.97. The molecule has 0 saturated carbocycles. The number of carboxylic acid groups (broad SMARTS) is 1. The van der Waals surface area contributed by atoms with Crippen LogP contribution in [0.3, 0.4) is 0 Å². The number of rotatable bonds is 4. The van der Waals surface area contributed by atoms with Gasteiger partial charge in [-0.05, 0) is 6.92 Å². The fraction of sp³-hybridized carbons (Fsp3) is 0.250. The molecule has 0 spiro atoms. The molecule has 0 aliphatic rings. The molecule has 16 heavy (non-hydrogen) atoms. The number of nitrogens with one attached hydrogen (secondary N) is 1. The van der Waals surface area contributed by atoms with Gasteiger partial charge in [0.25, 0.3) is 0 Å². The van der Waals surface area contributed by atoms with Crippen molar-refractivity contribution in [2.45, 2.75) is 17.8 Å². The fourth-order valence-electron chi connectivity index (χ4n) is 0.997. The van der Waals surface area contributed by atoms with Crippen LogP contribution in [0.4, 0.5) is 0 Å². The van der Waals surface area contributed by atoms with Crippen LogP contribution in [0.25, 0.3) is 0 Å². The molecule has 0 bridgehead atoms. The lowest BCUT2D eigenvalue weighted by atomic mass is 10.6. The highest BCUT2D eigenvalue weighted by Crippen LogP contribution is 2.20. The van der Waals surface area contributed by atoms with E-state index in [9.17, 15) is 4.79 Å². The number of H-pyrrole nitrogens is 1. The third-order valence-electron chi connectivity index (χ3n) is 1.66. The minimum atomic E-state index is -0.991. The zero-order valence-electron chi connectivity index (χ0n) is 8.30. The van der Waals surface area contributed by atoms with Gasteiger partial charge in [0, 0.05) is 11.1 Å². The molecule has 0 aromatic carbocycles. The van der Waals surface area contributed by atoms with Crippen molar-refractivity contribution < 1.29 is 9.90 Å². The summed E-state index contributed by atoms with van der Waals surface area (Å²) in [6, 6.07) is 0. The van der Waals surface area contributed by atoms with E-state index in [1.807, 2.05) is 6.92 Å². The normalized spacial score (nSPS) is 10.6. The fourth-order valence-corrected chi connectivity index (χ4v) is 2.49. The average molecular weight is 256 g/mol. The van der Waals surface area contributed by atoms with Crippen molar-refractivity contribution in [3.8, 4) is 0 Å². The summed E-state index contributed by atoms with van der Waals surface area (Å²) in [6.45, 7) is 1.82. The highest BCUT2D eigenvalue weighted by Gasteiger charge is 2.09. The van der Waals surface area contributed by atoms with Gasteiger partial charge in [0.2, 0.25) is 10.2 Å². The minimum absolute atomic E-state index is 0.113. The van der Waals surface area contributed by atoms with Crippen molar-refractivity contribution >= 4 is 29.1 Å². The Morgan fingerprint density at radius 2 is 2.44 bits per heavy atom. The van der Waals surface area contributed by atoms with Crippen molar-refractivity contribution in [2.24, 2.45) is 0 Å². The number of aryl methyl sites for hydroxylation is 1. The maximum Gasteiger partial charge on any atom is 0.365 e. The van der Waals surface area contributed by atoms with E-state index in [0.717, 1.165) is 22.9 Å². The van der Waals surface area contributed by atoms with Crippen LogP contribution < -0.4 is 0 Å². The minimum Gasteiger partial charge on any atom is -0.476 e. The first-order chi connectivity index (χ1) is 7.65. The second-order valence-electron chi connectivity index (χ2n) is 2.94. The molecule has 0 aliphatic heterocycles. The Bertz CT molecular complexity index is 508. The number of carbonyl (C=O) groups is 1. The van der Waals surface area contributed by atoms with E-state index in [-0.39, 0.29) is 5.01 Å². The van der Waals surface area contributed by atoms with E-state index in [2.05, 4.69) is 20.2 Å². The monoisotopic (exact) mass is 256 g/mol. The molecule has 2 rings (SSSR count). The molecule has 0 amide bonds. The van der Waals surface area contributed by atoms with E-state index in [1.54, 1.807) is 5.38 Å². The number of nitrogens with zero attached hydrogens (tertiary/aromatic N) is 3. The molecule has 84 valence electrons. The van der Waals surface area contributed by atoms with Gasteiger partial charge in [-0.3, -0.25) is 5.10 Å². The number of thiazole rings is 1. The SMILES string of the molecule is Cc1nc(SCc2csc(C(=O)O)n2)n[nH]1. The molecular formula is C8H8N4O2S2. The van der Waals surface area contributed by atoms with Gasteiger partial charge in [-0.1, -0.05) is 11.8 Å². The van der Waals surface area contributed by atoms with Crippen LogP contribution in [0.15, 0.2) is 10.5 Å². The number of hydrogen-bond donors (Lipinski definition) is 2. The molecular weight excluding hydrogens is 248 g/mol. The standard InChI is InChI=1S/C8H8N4O2S2/c1-4-9-8(12-11-4)16-3-5-2-15-6(10-5)7(13)14/h2H,3H2,1H3,(H,13,14)(H,9,11,12). The van der Waals surface area contributed by atoms with Crippen LogP contribution in [0.5, 0.6) is 0 Å². The van der Waals surface area contributed by atoms with Gasteiger partial charge in [-0.15, -0.1) is 16.4 Å². The Morgan fingerprint density at radius 1 is 1.62 bits per heavy atom. The second kappa shape index (κ2) is 4.62. The molecule has 0 atom stereocenters. The van der Waals surface area contributed by atoms with Crippen LogP contribution >= 0.6 is 23.1 Å². The smallest absolute Gasteiger partial charge is 0.365 e. The zero-order valence-corrected chi connectivity index (χ0v) is 9.93. The quantitative estimate of drug-likeness (QED) is 0.806. The van der Waals surface area contributed by atoms with Gasteiger partial charge in [-0.2, -0.15) is 0 Å². The third-order valence-corrected chi connectivity index (χ3v) is 3.42. The lowest BCUT2D eigenvalue weighted by Gasteiger charge is -1.91. The number of thioether (sulfide) groups is 1. The lowest BCUT2D eigenvalue weighted by molar-refractivity contribution is 0.0696. The maximum atomic E-state index is 10.6. The van der Waals surface area contributed by atoms with Gasteiger partial charge in [-0.25, -0.2) is 14.8 Å². The van der Waals surface area contributed by atoms with Crippen LogP contribution in [0.2, 0.25) is 0 Å². The summed E-state index contributed by atoms with van der Waals surface area (Å²) in [5.41, 5.74) is 0.731. The molecule has 2 aromatic rings. The Hall–Kier alpha value is -1.41. The van der Waals surface area contributed by atoms with Crippen molar-refractivity contribution in [2.75, 3.05) is 0 Å². The van der Waals surface area contributed by atoms with E-state index in [4.69, 9.17) is 5.11 Å². The molecule has 6 nitrogen and oxygen atoms in total. The summed E-state index contributed by atoms with van der Waals surface area (Å²) in [6.07, 6.45) is 0. The Kier molecular flexibility index (Phi) is 3.20. The van der Waals surface area contributed by atoms with E-state index in [1.165, 1.54) is 11.8 Å². The highest BCUT2D eigenvalue weighted by atomic mass is 32.2. The second-order valence-corrected chi connectivity index (χ2v) is 4.74. The van der Waals surface area contributed by atoms with Crippen LogP contribution in [0.1, 0.15) is 21.3 Å². The average Bonchev–Trinajstić information content (AvgIpc) is 2.83. The first-order valence-corrected chi connectivity index (χ1v) is 6.21. The summed E-state index contributed by atoms with van der Waals surface area (Å²) >= 11 is 2.54. The molecule has 0 fully saturated rings. The Morgan fingerprint density at radius 3 is 3.00 bits per heavy atom. The highest BCUT2D eigenvalue weighted by molar-refractivity contribution is 7.98. The topological polar surface area (TPSA) is 91.8 Å². The van der Waals surface area contributed by atoms with Gasteiger partial charge >= 0.3 is 5.97 Å². The van der Waals surface area contributed by atoms with Gasteiger partial charge < -0.3 is 5.11 Å². The number of aromatic carboxylic acids is 1. The Labute approximate surface area is 99.1 Å². The summed E-state index contributed by atoms with van der Waals surface area (Å²) in [7, 11) is 0. The molecule has 0 aliphatic carbocycles. The van der Waals surface area contributed by atoms with Crippen molar-refractivity contribution in [3.63, 3.8) is 0 Å². The molecule has 0 saturated heterocycles. The zero-order chi connectivity index (χ0) is 11.5.